The third-order valence-corrected chi connectivity index (χ3v) is 4.48. The molecule has 2 aliphatic rings. The highest BCUT2D eigenvalue weighted by molar-refractivity contribution is 6.37. The van der Waals surface area contributed by atoms with Crippen LogP contribution in [0.4, 0.5) is 5.69 Å². The van der Waals surface area contributed by atoms with Gasteiger partial charge >= 0.3 is 0 Å². The molecule has 1 saturated heterocycles. The molecule has 3 rings (SSSR count). The smallest absolute Gasteiger partial charge is 0.190 e. The van der Waals surface area contributed by atoms with Crippen LogP contribution >= 0.6 is 11.6 Å². The number of rotatable bonds is 2. The maximum atomic E-state index is 12.0. The fraction of sp³-hybridized carbons (Fsp3) is 0.333. The van der Waals surface area contributed by atoms with Gasteiger partial charge in [-0.1, -0.05) is 11.6 Å². The Labute approximate surface area is 131 Å². The summed E-state index contributed by atoms with van der Waals surface area (Å²) in [7, 11) is 0. The van der Waals surface area contributed by atoms with Gasteiger partial charge in [0.25, 0.3) is 0 Å². The molecule has 1 aromatic carbocycles. The lowest BCUT2D eigenvalue weighted by Crippen LogP contribution is -2.32. The summed E-state index contributed by atoms with van der Waals surface area (Å²) in [5.41, 5.74) is -0.433. The number of phenolic OH excluding ortho intramolecular Hbond substituents is 2. The SMILES string of the molecule is O=C1C=CC(=O)c2c(O)c(N3CCC[C@@H]3CO)c(Cl)c(O)c21. The lowest BCUT2D eigenvalue weighted by Gasteiger charge is -2.29. The molecule has 1 aromatic rings. The summed E-state index contributed by atoms with van der Waals surface area (Å²) in [6, 6.07) is -0.259. The summed E-state index contributed by atoms with van der Waals surface area (Å²) in [6.45, 7) is 0.384. The van der Waals surface area contributed by atoms with Crippen LogP contribution in [0, 0.1) is 0 Å². The van der Waals surface area contributed by atoms with E-state index in [4.69, 9.17) is 11.6 Å². The van der Waals surface area contributed by atoms with Crippen molar-refractivity contribution in [3.8, 4) is 11.5 Å². The van der Waals surface area contributed by atoms with Gasteiger partial charge in [-0.05, 0) is 25.0 Å². The van der Waals surface area contributed by atoms with Gasteiger partial charge in [-0.15, -0.1) is 0 Å². The number of hydrogen-bond acceptors (Lipinski definition) is 6. The van der Waals surface area contributed by atoms with Crippen LogP contribution in [-0.4, -0.2) is 46.1 Å². The Hall–Kier alpha value is -2.05. The molecule has 6 nitrogen and oxygen atoms in total. The molecule has 0 amide bonds. The number of allylic oxidation sites excluding steroid dienone is 2. The van der Waals surface area contributed by atoms with Crippen molar-refractivity contribution < 1.29 is 24.9 Å². The topological polar surface area (TPSA) is 98.1 Å². The number of benzene rings is 1. The molecule has 116 valence electrons. The molecular formula is C15H14ClNO5. The number of phenols is 2. The number of hydrogen-bond donors (Lipinski definition) is 3. The van der Waals surface area contributed by atoms with Gasteiger partial charge in [-0.3, -0.25) is 9.59 Å². The normalized spacial score (nSPS) is 20.6. The summed E-state index contributed by atoms with van der Waals surface area (Å²) < 4.78 is 0. The standard InChI is InChI=1S/C15H14ClNO5/c16-12-13(17-5-1-2-7(17)6-18)15(22)11-9(20)4-3-8(19)10(11)14(12)21/h3-4,7,18,21-22H,1-2,5-6H2/t7-/m1/s1. The van der Waals surface area contributed by atoms with Crippen LogP contribution in [0.3, 0.4) is 0 Å². The first kappa shape index (κ1) is 14.9. The zero-order chi connectivity index (χ0) is 16.0. The number of carbonyl (C=O) groups excluding carboxylic acids is 2. The minimum absolute atomic E-state index is 0.0888. The number of ketones is 2. The maximum Gasteiger partial charge on any atom is 0.190 e. The van der Waals surface area contributed by atoms with E-state index in [1.807, 2.05) is 0 Å². The Kier molecular flexibility index (Phi) is 3.58. The van der Waals surface area contributed by atoms with Crippen LogP contribution in [0.1, 0.15) is 33.6 Å². The molecule has 1 atom stereocenters. The van der Waals surface area contributed by atoms with Crippen molar-refractivity contribution in [3.05, 3.63) is 28.3 Å². The fourth-order valence-electron chi connectivity index (χ4n) is 3.06. The van der Waals surface area contributed by atoms with Crippen molar-refractivity contribution >= 4 is 28.9 Å². The van der Waals surface area contributed by atoms with Crippen LogP contribution in [-0.2, 0) is 0 Å². The van der Waals surface area contributed by atoms with E-state index in [2.05, 4.69) is 0 Å². The van der Waals surface area contributed by atoms with Gasteiger partial charge in [0.2, 0.25) is 0 Å². The predicted octanol–water partition coefficient (Wildman–Crippen LogP) is 1.65. The molecule has 0 spiro atoms. The van der Waals surface area contributed by atoms with Crippen LogP contribution < -0.4 is 4.90 Å². The summed E-state index contributed by atoms with van der Waals surface area (Å²) in [6.07, 6.45) is 3.57. The van der Waals surface area contributed by atoms with Crippen LogP contribution in [0.5, 0.6) is 11.5 Å². The number of halogens is 1. The lowest BCUT2D eigenvalue weighted by atomic mass is 9.91. The Morgan fingerprint density at radius 1 is 1.14 bits per heavy atom. The molecule has 3 N–H and O–H groups in total. The highest BCUT2D eigenvalue weighted by Gasteiger charge is 2.36. The fourth-order valence-corrected chi connectivity index (χ4v) is 3.35. The molecule has 1 heterocycles. The lowest BCUT2D eigenvalue weighted by molar-refractivity contribution is 0.0989. The van der Waals surface area contributed by atoms with E-state index in [0.29, 0.717) is 13.0 Å². The first-order valence-corrected chi connectivity index (χ1v) is 7.26. The maximum absolute atomic E-state index is 12.0. The molecule has 1 aliphatic carbocycles. The molecule has 1 aliphatic heterocycles. The zero-order valence-electron chi connectivity index (χ0n) is 11.5. The first-order valence-electron chi connectivity index (χ1n) is 6.89. The van der Waals surface area contributed by atoms with Crippen molar-refractivity contribution in [3.63, 3.8) is 0 Å². The van der Waals surface area contributed by atoms with Crippen molar-refractivity contribution in [2.75, 3.05) is 18.1 Å². The van der Waals surface area contributed by atoms with Gasteiger partial charge in [-0.25, -0.2) is 0 Å². The highest BCUT2D eigenvalue weighted by atomic mass is 35.5. The third-order valence-electron chi connectivity index (χ3n) is 4.12. The number of aliphatic hydroxyl groups is 1. The van der Waals surface area contributed by atoms with E-state index >= 15 is 0 Å². The average molecular weight is 324 g/mol. The summed E-state index contributed by atoms with van der Waals surface area (Å²) >= 11 is 6.13. The Balaban J connectivity index is 2.26. The summed E-state index contributed by atoms with van der Waals surface area (Å²) in [5, 5.41) is 29.9. The number of nitrogens with zero attached hydrogens (tertiary/aromatic N) is 1. The van der Waals surface area contributed by atoms with Crippen LogP contribution in [0.25, 0.3) is 0 Å². The Morgan fingerprint density at radius 2 is 1.73 bits per heavy atom. The second-order valence-corrected chi connectivity index (χ2v) is 5.72. The number of carbonyl (C=O) groups is 2. The van der Waals surface area contributed by atoms with Gasteiger partial charge < -0.3 is 20.2 Å². The molecule has 0 radical (unpaired) electrons. The highest BCUT2D eigenvalue weighted by Crippen LogP contribution is 2.49. The minimum Gasteiger partial charge on any atom is -0.505 e. The molecule has 0 saturated carbocycles. The predicted molar refractivity (Wildman–Crippen MR) is 80.0 cm³/mol. The van der Waals surface area contributed by atoms with E-state index in [1.165, 1.54) is 0 Å². The number of aromatic hydroxyl groups is 2. The molecule has 22 heavy (non-hydrogen) atoms. The molecule has 0 unspecified atom stereocenters. The monoisotopic (exact) mass is 323 g/mol. The minimum atomic E-state index is -0.587. The molecule has 0 aromatic heterocycles. The van der Waals surface area contributed by atoms with Gasteiger partial charge in [-0.2, -0.15) is 0 Å². The zero-order valence-corrected chi connectivity index (χ0v) is 12.3. The Bertz CT molecular complexity index is 713. The quantitative estimate of drug-likeness (QED) is 0.716. The Morgan fingerprint density at radius 3 is 2.32 bits per heavy atom. The van der Waals surface area contributed by atoms with Crippen molar-refractivity contribution in [1.29, 1.82) is 0 Å². The van der Waals surface area contributed by atoms with Gasteiger partial charge in [0.15, 0.2) is 17.3 Å². The average Bonchev–Trinajstić information content (AvgIpc) is 2.95. The molecule has 7 heteroatoms. The third kappa shape index (κ3) is 1.99. The molecular weight excluding hydrogens is 310 g/mol. The molecule has 0 bridgehead atoms. The van der Waals surface area contributed by atoms with E-state index < -0.39 is 23.1 Å². The second-order valence-electron chi connectivity index (χ2n) is 5.34. The number of aliphatic hydroxyl groups excluding tert-OH is 1. The van der Waals surface area contributed by atoms with Gasteiger partial charge in [0.05, 0.1) is 23.8 Å². The summed E-state index contributed by atoms with van der Waals surface area (Å²) in [4.78, 5) is 25.6. The van der Waals surface area contributed by atoms with Gasteiger partial charge in [0.1, 0.15) is 16.5 Å². The van der Waals surface area contributed by atoms with E-state index in [1.54, 1.807) is 4.90 Å². The van der Waals surface area contributed by atoms with Gasteiger partial charge in [0, 0.05) is 6.54 Å². The van der Waals surface area contributed by atoms with Crippen LogP contribution in [0.15, 0.2) is 12.2 Å². The summed E-state index contributed by atoms with van der Waals surface area (Å²) in [5.74, 6) is -2.10. The molecule has 1 fully saturated rings. The van der Waals surface area contributed by atoms with Crippen molar-refractivity contribution in [2.24, 2.45) is 0 Å². The second kappa shape index (κ2) is 5.30. The van der Waals surface area contributed by atoms with E-state index in [0.717, 1.165) is 18.6 Å². The number of anilines is 1. The van der Waals surface area contributed by atoms with Crippen LogP contribution in [0.2, 0.25) is 5.02 Å². The van der Waals surface area contributed by atoms with Crippen molar-refractivity contribution in [2.45, 2.75) is 18.9 Å². The van der Waals surface area contributed by atoms with Crippen molar-refractivity contribution in [1.82, 2.24) is 0 Å². The number of fused-ring (bicyclic) bond motifs is 1. The first-order chi connectivity index (χ1) is 10.5. The van der Waals surface area contributed by atoms with E-state index in [-0.39, 0.29) is 34.5 Å². The largest absolute Gasteiger partial charge is 0.505 e. The van der Waals surface area contributed by atoms with E-state index in [9.17, 15) is 24.9 Å².